The van der Waals surface area contributed by atoms with E-state index in [0.717, 1.165) is 0 Å². The molecule has 0 atom stereocenters. The van der Waals surface area contributed by atoms with Gasteiger partial charge in [-0.25, -0.2) is 0 Å². The van der Waals surface area contributed by atoms with Gasteiger partial charge < -0.3 is 14.4 Å². The Morgan fingerprint density at radius 2 is 1.95 bits per heavy atom. The van der Waals surface area contributed by atoms with E-state index in [1.54, 1.807) is 4.90 Å². The summed E-state index contributed by atoms with van der Waals surface area (Å²) in [5, 5.41) is 10.7. The maximum atomic E-state index is 11.8. The molecular weight excluding hydrogens is 264 g/mol. The molecule has 0 unspecified atom stereocenters. The SMILES string of the molecule is CCN(CC)C(=O)COc1cc([N+](=O)[O-])ccc1OC. The summed E-state index contributed by atoms with van der Waals surface area (Å²) in [6.07, 6.45) is 0. The lowest BCUT2D eigenvalue weighted by atomic mass is 10.3. The molecule has 0 aliphatic carbocycles. The fraction of sp³-hybridized carbons (Fsp3) is 0.462. The summed E-state index contributed by atoms with van der Waals surface area (Å²) in [7, 11) is 1.43. The van der Waals surface area contributed by atoms with Crippen molar-refractivity contribution < 1.29 is 19.2 Å². The highest BCUT2D eigenvalue weighted by Crippen LogP contribution is 2.31. The smallest absolute Gasteiger partial charge is 0.273 e. The van der Waals surface area contributed by atoms with Crippen molar-refractivity contribution in [1.82, 2.24) is 4.90 Å². The summed E-state index contributed by atoms with van der Waals surface area (Å²) in [6, 6.07) is 4.00. The molecule has 7 heteroatoms. The lowest BCUT2D eigenvalue weighted by molar-refractivity contribution is -0.385. The van der Waals surface area contributed by atoms with Gasteiger partial charge in [-0.05, 0) is 19.9 Å². The summed E-state index contributed by atoms with van der Waals surface area (Å²) >= 11 is 0. The van der Waals surface area contributed by atoms with Gasteiger partial charge in [0.25, 0.3) is 11.6 Å². The summed E-state index contributed by atoms with van der Waals surface area (Å²) in [6.45, 7) is 4.74. The zero-order valence-electron chi connectivity index (χ0n) is 11.8. The molecule has 0 fully saturated rings. The van der Waals surface area contributed by atoms with Crippen molar-refractivity contribution in [1.29, 1.82) is 0 Å². The van der Waals surface area contributed by atoms with Crippen LogP contribution >= 0.6 is 0 Å². The highest BCUT2D eigenvalue weighted by molar-refractivity contribution is 5.77. The number of rotatable bonds is 7. The van der Waals surface area contributed by atoms with Crippen molar-refractivity contribution in [2.45, 2.75) is 13.8 Å². The van der Waals surface area contributed by atoms with Gasteiger partial charge in [0.1, 0.15) is 0 Å². The average molecular weight is 282 g/mol. The highest BCUT2D eigenvalue weighted by atomic mass is 16.6. The van der Waals surface area contributed by atoms with E-state index in [-0.39, 0.29) is 24.0 Å². The van der Waals surface area contributed by atoms with Crippen molar-refractivity contribution in [2.24, 2.45) is 0 Å². The summed E-state index contributed by atoms with van der Waals surface area (Å²) < 4.78 is 10.4. The molecule has 1 aromatic carbocycles. The molecule has 110 valence electrons. The predicted molar refractivity (Wildman–Crippen MR) is 73.1 cm³/mol. The summed E-state index contributed by atoms with van der Waals surface area (Å²) in [4.78, 5) is 23.6. The van der Waals surface area contributed by atoms with Crippen LogP contribution in [0.2, 0.25) is 0 Å². The minimum Gasteiger partial charge on any atom is -0.493 e. The van der Waals surface area contributed by atoms with Gasteiger partial charge in [0.05, 0.1) is 18.1 Å². The monoisotopic (exact) mass is 282 g/mol. The first kappa shape index (κ1) is 15.7. The van der Waals surface area contributed by atoms with E-state index >= 15 is 0 Å². The number of amides is 1. The van der Waals surface area contributed by atoms with Crippen molar-refractivity contribution >= 4 is 11.6 Å². The third kappa shape index (κ3) is 3.84. The van der Waals surface area contributed by atoms with E-state index in [1.165, 1.54) is 25.3 Å². The molecule has 1 amide bonds. The van der Waals surface area contributed by atoms with E-state index in [4.69, 9.17) is 9.47 Å². The van der Waals surface area contributed by atoms with Crippen LogP contribution < -0.4 is 9.47 Å². The molecule has 0 N–H and O–H groups in total. The van der Waals surface area contributed by atoms with Gasteiger partial charge in [-0.1, -0.05) is 0 Å². The average Bonchev–Trinajstić information content (AvgIpc) is 2.45. The number of benzene rings is 1. The molecule has 0 aliphatic rings. The number of hydrogen-bond acceptors (Lipinski definition) is 5. The molecule has 0 heterocycles. The molecule has 1 aromatic rings. The van der Waals surface area contributed by atoms with Crippen LogP contribution in [0.25, 0.3) is 0 Å². The van der Waals surface area contributed by atoms with Gasteiger partial charge in [0.15, 0.2) is 18.1 Å². The van der Waals surface area contributed by atoms with E-state index in [9.17, 15) is 14.9 Å². The second-order valence-corrected chi connectivity index (χ2v) is 3.95. The minimum atomic E-state index is -0.529. The van der Waals surface area contributed by atoms with Gasteiger partial charge in [-0.3, -0.25) is 14.9 Å². The Balaban J connectivity index is 2.82. The van der Waals surface area contributed by atoms with Crippen molar-refractivity contribution in [3.63, 3.8) is 0 Å². The number of nitro benzene ring substituents is 1. The Labute approximate surface area is 117 Å². The third-order valence-corrected chi connectivity index (χ3v) is 2.83. The lowest BCUT2D eigenvalue weighted by Crippen LogP contribution is -2.34. The predicted octanol–water partition coefficient (Wildman–Crippen LogP) is 1.85. The Bertz CT molecular complexity index is 486. The number of likely N-dealkylation sites (N-methyl/N-ethyl adjacent to an activating group) is 1. The Kier molecular flexibility index (Phi) is 5.76. The molecule has 0 bridgehead atoms. The second kappa shape index (κ2) is 7.32. The number of ether oxygens (including phenoxy) is 2. The van der Waals surface area contributed by atoms with Crippen LogP contribution in [0.1, 0.15) is 13.8 Å². The van der Waals surface area contributed by atoms with E-state index in [1.807, 2.05) is 13.8 Å². The minimum absolute atomic E-state index is 0.115. The molecule has 0 aliphatic heterocycles. The molecule has 0 saturated heterocycles. The highest BCUT2D eigenvalue weighted by Gasteiger charge is 2.15. The topological polar surface area (TPSA) is 81.9 Å². The maximum absolute atomic E-state index is 11.8. The van der Waals surface area contributed by atoms with Gasteiger partial charge in [-0.2, -0.15) is 0 Å². The molecule has 20 heavy (non-hydrogen) atoms. The number of hydrogen-bond donors (Lipinski definition) is 0. The van der Waals surface area contributed by atoms with E-state index in [2.05, 4.69) is 0 Å². The lowest BCUT2D eigenvalue weighted by Gasteiger charge is -2.19. The molecule has 7 nitrogen and oxygen atoms in total. The first-order valence-corrected chi connectivity index (χ1v) is 6.26. The number of methoxy groups -OCH3 is 1. The fourth-order valence-corrected chi connectivity index (χ4v) is 1.70. The van der Waals surface area contributed by atoms with Crippen LogP contribution in [0.15, 0.2) is 18.2 Å². The second-order valence-electron chi connectivity index (χ2n) is 3.95. The molecule has 0 spiro atoms. The van der Waals surface area contributed by atoms with Crippen molar-refractivity contribution in [3.05, 3.63) is 28.3 Å². The Morgan fingerprint density at radius 3 is 2.45 bits per heavy atom. The van der Waals surface area contributed by atoms with Crippen LogP contribution in [0.3, 0.4) is 0 Å². The first-order chi connectivity index (χ1) is 9.53. The van der Waals surface area contributed by atoms with Crippen molar-refractivity contribution in [2.75, 3.05) is 26.8 Å². The van der Waals surface area contributed by atoms with Gasteiger partial charge in [0, 0.05) is 19.2 Å². The Hall–Kier alpha value is -2.31. The van der Waals surface area contributed by atoms with Crippen LogP contribution in [-0.2, 0) is 4.79 Å². The number of non-ortho nitro benzene ring substituents is 1. The quantitative estimate of drug-likeness (QED) is 0.563. The molecule has 0 aromatic heterocycles. The van der Waals surface area contributed by atoms with Crippen molar-refractivity contribution in [3.8, 4) is 11.5 Å². The largest absolute Gasteiger partial charge is 0.493 e. The number of carbonyl (C=O) groups excluding carboxylic acids is 1. The zero-order valence-corrected chi connectivity index (χ0v) is 11.8. The third-order valence-electron chi connectivity index (χ3n) is 2.83. The first-order valence-electron chi connectivity index (χ1n) is 6.26. The van der Waals surface area contributed by atoms with Crippen LogP contribution in [-0.4, -0.2) is 42.5 Å². The van der Waals surface area contributed by atoms with Crippen LogP contribution in [0, 0.1) is 10.1 Å². The number of nitrogens with zero attached hydrogens (tertiary/aromatic N) is 2. The molecule has 1 rings (SSSR count). The van der Waals surface area contributed by atoms with E-state index in [0.29, 0.717) is 18.8 Å². The Morgan fingerprint density at radius 1 is 1.30 bits per heavy atom. The van der Waals surface area contributed by atoms with Crippen LogP contribution in [0.4, 0.5) is 5.69 Å². The number of carbonyl (C=O) groups is 1. The van der Waals surface area contributed by atoms with Gasteiger partial charge in [-0.15, -0.1) is 0 Å². The normalized spacial score (nSPS) is 9.95. The maximum Gasteiger partial charge on any atom is 0.273 e. The summed E-state index contributed by atoms with van der Waals surface area (Å²) in [5.74, 6) is 0.355. The summed E-state index contributed by atoms with van der Waals surface area (Å²) in [5.41, 5.74) is -0.115. The molecule has 0 radical (unpaired) electrons. The number of nitro groups is 1. The van der Waals surface area contributed by atoms with E-state index < -0.39 is 4.92 Å². The van der Waals surface area contributed by atoms with Gasteiger partial charge >= 0.3 is 0 Å². The molecule has 0 saturated carbocycles. The molecular formula is C13H18N2O5. The fourth-order valence-electron chi connectivity index (χ4n) is 1.70. The van der Waals surface area contributed by atoms with Crippen LogP contribution in [0.5, 0.6) is 11.5 Å². The zero-order chi connectivity index (χ0) is 15.1. The van der Waals surface area contributed by atoms with Gasteiger partial charge in [0.2, 0.25) is 0 Å². The standard InChI is InChI=1S/C13H18N2O5/c1-4-14(5-2)13(16)9-20-12-8-10(15(17)18)6-7-11(12)19-3/h6-8H,4-5,9H2,1-3H3.